The van der Waals surface area contributed by atoms with E-state index >= 15 is 0 Å². The van der Waals surface area contributed by atoms with Crippen LogP contribution < -0.4 is 5.32 Å². The number of benzene rings is 1. The van der Waals surface area contributed by atoms with E-state index in [0.29, 0.717) is 5.95 Å². The summed E-state index contributed by atoms with van der Waals surface area (Å²) in [5.41, 5.74) is 3.05. The van der Waals surface area contributed by atoms with Crippen LogP contribution in [0.3, 0.4) is 0 Å². The largest absolute Gasteiger partial charge is 0.354 e. The van der Waals surface area contributed by atoms with Crippen LogP contribution in [-0.2, 0) is 6.42 Å². The normalized spacial score (nSPS) is 10.9. The molecule has 0 amide bonds. The first-order valence-corrected chi connectivity index (χ1v) is 7.49. The van der Waals surface area contributed by atoms with Gasteiger partial charge in [-0.25, -0.2) is 15.0 Å². The Morgan fingerprint density at radius 1 is 1.15 bits per heavy atom. The molecule has 1 N–H and O–H groups in total. The van der Waals surface area contributed by atoms with E-state index in [1.54, 1.807) is 11.3 Å². The van der Waals surface area contributed by atoms with Gasteiger partial charge in [-0.05, 0) is 32.0 Å². The van der Waals surface area contributed by atoms with Crippen LogP contribution in [0.2, 0.25) is 0 Å². The van der Waals surface area contributed by atoms with Crippen molar-refractivity contribution in [2.75, 3.05) is 11.9 Å². The Morgan fingerprint density at radius 2 is 2.00 bits per heavy atom. The maximum absolute atomic E-state index is 4.65. The van der Waals surface area contributed by atoms with Gasteiger partial charge in [0.25, 0.3) is 0 Å². The zero-order chi connectivity index (χ0) is 13.9. The molecule has 102 valence electrons. The highest BCUT2D eigenvalue weighted by molar-refractivity contribution is 7.18. The highest BCUT2D eigenvalue weighted by Crippen LogP contribution is 2.23. The van der Waals surface area contributed by atoms with Gasteiger partial charge in [-0.3, -0.25) is 0 Å². The van der Waals surface area contributed by atoms with Gasteiger partial charge >= 0.3 is 0 Å². The predicted octanol–water partition coefficient (Wildman–Crippen LogP) is 3.42. The van der Waals surface area contributed by atoms with Gasteiger partial charge in [0.05, 0.1) is 20.9 Å². The van der Waals surface area contributed by atoms with E-state index in [-0.39, 0.29) is 0 Å². The van der Waals surface area contributed by atoms with Crippen molar-refractivity contribution >= 4 is 27.5 Å². The monoisotopic (exact) mass is 284 g/mol. The van der Waals surface area contributed by atoms with Crippen molar-refractivity contribution in [3.05, 3.63) is 46.7 Å². The number of hydrogen-bond acceptors (Lipinski definition) is 5. The minimum Gasteiger partial charge on any atom is -0.354 e. The van der Waals surface area contributed by atoms with Crippen LogP contribution >= 0.6 is 11.3 Å². The summed E-state index contributed by atoms with van der Waals surface area (Å²) < 4.78 is 1.22. The summed E-state index contributed by atoms with van der Waals surface area (Å²) in [6.07, 6.45) is 0.751. The molecule has 0 unspecified atom stereocenters. The molecule has 20 heavy (non-hydrogen) atoms. The number of nitrogens with one attached hydrogen (secondary N) is 1. The van der Waals surface area contributed by atoms with Crippen LogP contribution in [0.4, 0.5) is 5.95 Å². The molecule has 0 saturated heterocycles. The number of fused-ring (bicyclic) bond motifs is 1. The Hall–Kier alpha value is -2.01. The van der Waals surface area contributed by atoms with Crippen LogP contribution in [0, 0.1) is 6.92 Å². The Labute approximate surface area is 121 Å². The molecule has 0 saturated carbocycles. The molecule has 0 bridgehead atoms. The fourth-order valence-corrected chi connectivity index (χ4v) is 3.09. The van der Waals surface area contributed by atoms with E-state index in [9.17, 15) is 0 Å². The lowest BCUT2D eigenvalue weighted by atomic mass is 10.2. The molecule has 0 fully saturated rings. The molecule has 4 nitrogen and oxygen atoms in total. The van der Waals surface area contributed by atoms with Crippen molar-refractivity contribution in [2.45, 2.75) is 20.3 Å². The maximum atomic E-state index is 4.65. The van der Waals surface area contributed by atoms with Crippen molar-refractivity contribution < 1.29 is 0 Å². The van der Waals surface area contributed by atoms with Crippen molar-refractivity contribution in [1.29, 1.82) is 0 Å². The first-order valence-electron chi connectivity index (χ1n) is 6.67. The van der Waals surface area contributed by atoms with E-state index in [0.717, 1.165) is 34.9 Å². The fraction of sp³-hybridized carbons (Fsp3) is 0.267. The molecule has 3 rings (SSSR count). The fourth-order valence-electron chi connectivity index (χ4n) is 2.11. The molecule has 0 aliphatic rings. The molecular formula is C15H16N4S. The topological polar surface area (TPSA) is 50.7 Å². The minimum atomic E-state index is 0.698. The van der Waals surface area contributed by atoms with Crippen LogP contribution in [0.1, 0.15) is 23.3 Å². The van der Waals surface area contributed by atoms with Crippen molar-refractivity contribution in [3.8, 4) is 0 Å². The molecule has 0 spiro atoms. The first-order chi connectivity index (χ1) is 9.74. The van der Waals surface area contributed by atoms with Crippen LogP contribution in [0.5, 0.6) is 0 Å². The van der Waals surface area contributed by atoms with Crippen LogP contribution in [0.25, 0.3) is 10.2 Å². The minimum absolute atomic E-state index is 0.698. The second-order valence-electron chi connectivity index (χ2n) is 4.61. The van der Waals surface area contributed by atoms with Crippen molar-refractivity contribution in [2.24, 2.45) is 0 Å². The summed E-state index contributed by atoms with van der Waals surface area (Å²) in [5.74, 6) is 0.698. The molecule has 0 aliphatic heterocycles. The van der Waals surface area contributed by atoms with Gasteiger partial charge in [0.1, 0.15) is 0 Å². The molecule has 2 heterocycles. The average Bonchev–Trinajstić information content (AvgIpc) is 2.80. The number of aryl methyl sites for hydroxylation is 1. The van der Waals surface area contributed by atoms with Crippen molar-refractivity contribution in [3.63, 3.8) is 0 Å². The van der Waals surface area contributed by atoms with Gasteiger partial charge in [0.2, 0.25) is 5.95 Å². The van der Waals surface area contributed by atoms with Crippen LogP contribution in [0.15, 0.2) is 30.3 Å². The number of rotatable bonds is 4. The summed E-state index contributed by atoms with van der Waals surface area (Å²) >= 11 is 1.73. The standard InChI is InChI=1S/C15H16N4S/c1-3-16-15-17-10(2)8-11(18-15)9-14-19-12-6-4-5-7-13(12)20-14/h4-8H,3,9H2,1-2H3,(H,16,17,18). The lowest BCUT2D eigenvalue weighted by Gasteiger charge is -2.05. The molecule has 5 heteroatoms. The SMILES string of the molecule is CCNc1nc(C)cc(Cc2nc3ccccc3s2)n1. The molecule has 0 aliphatic carbocycles. The first kappa shape index (κ1) is 13.0. The van der Waals surface area contributed by atoms with Gasteiger partial charge in [-0.2, -0.15) is 0 Å². The Balaban J connectivity index is 1.90. The summed E-state index contributed by atoms with van der Waals surface area (Å²) in [5, 5.41) is 4.25. The third-order valence-corrected chi connectivity index (χ3v) is 3.95. The summed E-state index contributed by atoms with van der Waals surface area (Å²) in [4.78, 5) is 13.6. The number of para-hydroxylation sites is 1. The Bertz CT molecular complexity index is 703. The van der Waals surface area contributed by atoms with Crippen LogP contribution in [-0.4, -0.2) is 21.5 Å². The molecular weight excluding hydrogens is 268 g/mol. The summed E-state index contributed by atoms with van der Waals surface area (Å²) in [7, 11) is 0. The molecule has 1 aromatic carbocycles. The van der Waals surface area contributed by atoms with Gasteiger partial charge in [-0.15, -0.1) is 11.3 Å². The highest BCUT2D eigenvalue weighted by atomic mass is 32.1. The van der Waals surface area contributed by atoms with E-state index in [2.05, 4.69) is 26.3 Å². The molecule has 0 radical (unpaired) electrons. The zero-order valence-electron chi connectivity index (χ0n) is 11.6. The second kappa shape index (κ2) is 5.54. The lowest BCUT2D eigenvalue weighted by molar-refractivity contribution is 0.978. The van der Waals surface area contributed by atoms with Gasteiger partial charge in [-0.1, -0.05) is 12.1 Å². The smallest absolute Gasteiger partial charge is 0.223 e. The zero-order valence-corrected chi connectivity index (χ0v) is 12.4. The Kier molecular flexibility index (Phi) is 3.60. The number of hydrogen-bond donors (Lipinski definition) is 1. The van der Waals surface area contributed by atoms with E-state index < -0.39 is 0 Å². The maximum Gasteiger partial charge on any atom is 0.223 e. The number of anilines is 1. The third kappa shape index (κ3) is 2.77. The summed E-state index contributed by atoms with van der Waals surface area (Å²) in [6, 6.07) is 10.2. The van der Waals surface area contributed by atoms with Gasteiger partial charge < -0.3 is 5.32 Å². The number of aromatic nitrogens is 3. The Morgan fingerprint density at radius 3 is 2.80 bits per heavy atom. The molecule has 2 aromatic heterocycles. The number of thiazole rings is 1. The third-order valence-electron chi connectivity index (χ3n) is 2.91. The van der Waals surface area contributed by atoms with E-state index in [1.165, 1.54) is 4.70 Å². The highest BCUT2D eigenvalue weighted by Gasteiger charge is 2.07. The predicted molar refractivity (Wildman–Crippen MR) is 83.4 cm³/mol. The second-order valence-corrected chi connectivity index (χ2v) is 5.72. The van der Waals surface area contributed by atoms with Gasteiger partial charge in [0.15, 0.2) is 0 Å². The van der Waals surface area contributed by atoms with Crippen molar-refractivity contribution in [1.82, 2.24) is 15.0 Å². The summed E-state index contributed by atoms with van der Waals surface area (Å²) in [6.45, 7) is 4.85. The lowest BCUT2D eigenvalue weighted by Crippen LogP contribution is -2.05. The quantitative estimate of drug-likeness (QED) is 0.797. The average molecular weight is 284 g/mol. The van der Waals surface area contributed by atoms with E-state index in [1.807, 2.05) is 38.1 Å². The molecule has 3 aromatic rings. The number of nitrogens with zero attached hydrogens (tertiary/aromatic N) is 3. The molecule has 0 atom stereocenters. The van der Waals surface area contributed by atoms with E-state index in [4.69, 9.17) is 0 Å². The van der Waals surface area contributed by atoms with Gasteiger partial charge in [0, 0.05) is 18.7 Å².